The lowest BCUT2D eigenvalue weighted by Crippen LogP contribution is -2.27. The molecule has 6 nitrogen and oxygen atoms in total. The number of nitrogens with zero attached hydrogens (tertiary/aromatic N) is 3. The zero-order chi connectivity index (χ0) is 25.9. The molecule has 0 spiro atoms. The van der Waals surface area contributed by atoms with Gasteiger partial charge in [0.2, 0.25) is 0 Å². The van der Waals surface area contributed by atoms with Crippen molar-refractivity contribution < 1.29 is 9.18 Å². The van der Waals surface area contributed by atoms with Crippen LogP contribution in [0.15, 0.2) is 82.6 Å². The number of carbonyl (C=O) groups is 1. The molecule has 2 aromatic carbocycles. The summed E-state index contributed by atoms with van der Waals surface area (Å²) in [6, 6.07) is 19.6. The van der Waals surface area contributed by atoms with Crippen LogP contribution in [0.4, 0.5) is 10.2 Å². The summed E-state index contributed by atoms with van der Waals surface area (Å²) in [7, 11) is 0. The average Bonchev–Trinajstić information content (AvgIpc) is 3.16. The lowest BCUT2D eigenvalue weighted by atomic mass is 10.1. The highest BCUT2D eigenvalue weighted by Gasteiger charge is 2.32. The number of thioether (sulfide) groups is 1. The highest BCUT2D eigenvalue weighted by molar-refractivity contribution is 8.26. The first-order valence-corrected chi connectivity index (χ1v) is 12.9. The fourth-order valence-corrected chi connectivity index (χ4v) is 5.27. The van der Waals surface area contributed by atoms with Crippen molar-refractivity contribution in [2.24, 2.45) is 0 Å². The molecule has 37 heavy (non-hydrogen) atoms. The van der Waals surface area contributed by atoms with E-state index in [0.29, 0.717) is 32.8 Å². The molecule has 1 N–H and O–H groups in total. The molecule has 0 radical (unpaired) electrons. The number of pyridine rings is 1. The van der Waals surface area contributed by atoms with Gasteiger partial charge in [-0.3, -0.25) is 18.9 Å². The van der Waals surface area contributed by atoms with E-state index in [1.807, 2.05) is 43.3 Å². The third-order valence-corrected chi connectivity index (χ3v) is 7.34. The first-order valence-electron chi connectivity index (χ1n) is 11.7. The average molecular weight is 531 g/mol. The molecule has 1 aliphatic rings. The number of aryl methyl sites for hydroxylation is 1. The number of rotatable bonds is 7. The van der Waals surface area contributed by atoms with Crippen LogP contribution in [-0.4, -0.2) is 31.1 Å². The summed E-state index contributed by atoms with van der Waals surface area (Å²) in [4.78, 5) is 33.3. The van der Waals surface area contributed by atoms with Crippen LogP contribution >= 0.6 is 24.0 Å². The Labute approximate surface area is 222 Å². The van der Waals surface area contributed by atoms with Crippen LogP contribution in [0.25, 0.3) is 11.7 Å². The van der Waals surface area contributed by atoms with Crippen LogP contribution in [0, 0.1) is 12.7 Å². The minimum atomic E-state index is -0.346. The molecule has 5 rings (SSSR count). The Hall–Kier alpha value is -3.82. The number of hydrogen-bond acceptors (Lipinski definition) is 6. The van der Waals surface area contributed by atoms with Crippen molar-refractivity contribution in [3.05, 3.63) is 116 Å². The smallest absolute Gasteiger partial charge is 0.267 e. The highest BCUT2D eigenvalue weighted by Crippen LogP contribution is 2.34. The van der Waals surface area contributed by atoms with Gasteiger partial charge in [0, 0.05) is 12.7 Å². The van der Waals surface area contributed by atoms with Crippen LogP contribution in [0.1, 0.15) is 22.3 Å². The van der Waals surface area contributed by atoms with Gasteiger partial charge in [0.15, 0.2) is 0 Å². The second kappa shape index (κ2) is 10.7. The Morgan fingerprint density at radius 1 is 1.03 bits per heavy atom. The van der Waals surface area contributed by atoms with Crippen LogP contribution in [0.2, 0.25) is 0 Å². The number of halogens is 1. The number of thiocarbonyl (C=S) groups is 1. The second-order valence-electron chi connectivity index (χ2n) is 8.67. The predicted molar refractivity (Wildman–Crippen MR) is 150 cm³/mol. The van der Waals surface area contributed by atoms with E-state index in [-0.39, 0.29) is 23.8 Å². The van der Waals surface area contributed by atoms with E-state index < -0.39 is 0 Å². The molecule has 0 saturated carbocycles. The largest absolute Gasteiger partial charge is 0.369 e. The van der Waals surface area contributed by atoms with Gasteiger partial charge < -0.3 is 5.32 Å². The predicted octanol–water partition coefficient (Wildman–Crippen LogP) is 5.20. The molecule has 1 amide bonds. The normalized spacial score (nSPS) is 14.6. The van der Waals surface area contributed by atoms with Crippen molar-refractivity contribution in [3.8, 4) is 0 Å². The van der Waals surface area contributed by atoms with Crippen LogP contribution in [0.5, 0.6) is 0 Å². The Morgan fingerprint density at radius 3 is 2.54 bits per heavy atom. The summed E-state index contributed by atoms with van der Waals surface area (Å²) < 4.78 is 15.2. The Kier molecular flexibility index (Phi) is 7.16. The van der Waals surface area contributed by atoms with Gasteiger partial charge in [0.05, 0.1) is 17.0 Å². The third kappa shape index (κ3) is 5.47. The van der Waals surface area contributed by atoms with Crippen LogP contribution in [0.3, 0.4) is 0 Å². The number of carbonyl (C=O) groups excluding carboxylic acids is 1. The van der Waals surface area contributed by atoms with E-state index >= 15 is 0 Å². The van der Waals surface area contributed by atoms with Gasteiger partial charge in [-0.05, 0) is 54.3 Å². The van der Waals surface area contributed by atoms with E-state index in [1.165, 1.54) is 21.4 Å². The van der Waals surface area contributed by atoms with Crippen LogP contribution < -0.4 is 10.9 Å². The number of aromatic nitrogens is 2. The standard InChI is InChI=1S/C28H23FN4O2S2/c1-18-7-12-24-31-25(30-14-13-19-5-3-2-4-6-19)22(26(34)32(24)16-18)15-23-27(35)33(28(36)37-23)17-20-8-10-21(29)11-9-20/h2-12,15-16,30H,13-14,17H2,1H3. The molecule has 1 saturated heterocycles. The van der Waals surface area contributed by atoms with Gasteiger partial charge in [-0.2, -0.15) is 0 Å². The Bertz CT molecular complexity index is 1580. The molecule has 1 fully saturated rings. The van der Waals surface area contributed by atoms with Gasteiger partial charge in [-0.1, -0.05) is 72.5 Å². The van der Waals surface area contributed by atoms with E-state index in [1.54, 1.807) is 30.5 Å². The topological polar surface area (TPSA) is 66.7 Å². The van der Waals surface area contributed by atoms with E-state index in [2.05, 4.69) is 5.32 Å². The summed E-state index contributed by atoms with van der Waals surface area (Å²) in [6.07, 6.45) is 4.05. The molecule has 4 aromatic rings. The van der Waals surface area contributed by atoms with E-state index in [9.17, 15) is 14.0 Å². The first-order chi connectivity index (χ1) is 17.9. The number of nitrogens with one attached hydrogen (secondary N) is 1. The third-order valence-electron chi connectivity index (χ3n) is 5.96. The molecule has 0 unspecified atom stereocenters. The lowest BCUT2D eigenvalue weighted by molar-refractivity contribution is -0.122. The molecule has 186 valence electrons. The van der Waals surface area contributed by atoms with Crippen LogP contribution in [-0.2, 0) is 17.8 Å². The minimum absolute atomic E-state index is 0.221. The molecule has 3 heterocycles. The lowest BCUT2D eigenvalue weighted by Gasteiger charge is -2.14. The molecule has 0 bridgehead atoms. The quantitative estimate of drug-likeness (QED) is 0.262. The van der Waals surface area contributed by atoms with E-state index in [0.717, 1.165) is 34.9 Å². The number of fused-ring (bicyclic) bond motifs is 1. The van der Waals surface area contributed by atoms with Gasteiger partial charge in [0.25, 0.3) is 11.5 Å². The van der Waals surface area contributed by atoms with Crippen molar-refractivity contribution >= 4 is 51.7 Å². The Balaban J connectivity index is 1.48. The molecular weight excluding hydrogens is 507 g/mol. The van der Waals surface area contributed by atoms with E-state index in [4.69, 9.17) is 17.2 Å². The van der Waals surface area contributed by atoms with Gasteiger partial charge in [-0.25, -0.2) is 9.37 Å². The first kappa shape index (κ1) is 24.9. The van der Waals surface area contributed by atoms with Crippen molar-refractivity contribution in [1.29, 1.82) is 0 Å². The monoisotopic (exact) mass is 530 g/mol. The number of anilines is 1. The zero-order valence-electron chi connectivity index (χ0n) is 20.0. The van der Waals surface area contributed by atoms with Crippen molar-refractivity contribution in [3.63, 3.8) is 0 Å². The number of amides is 1. The molecule has 0 aliphatic carbocycles. The van der Waals surface area contributed by atoms with Gasteiger partial charge in [-0.15, -0.1) is 0 Å². The maximum absolute atomic E-state index is 13.6. The molecule has 9 heteroatoms. The SMILES string of the molecule is Cc1ccc2nc(NCCc3ccccc3)c(C=C3SC(=S)N(Cc4ccc(F)cc4)C3=O)c(=O)n2c1. The summed E-state index contributed by atoms with van der Waals surface area (Å²) in [5.41, 5.74) is 3.35. The number of hydrogen-bond donors (Lipinski definition) is 1. The molecule has 1 aliphatic heterocycles. The summed E-state index contributed by atoms with van der Waals surface area (Å²) in [5, 5.41) is 3.29. The number of benzene rings is 2. The molecule has 2 aromatic heterocycles. The minimum Gasteiger partial charge on any atom is -0.369 e. The summed E-state index contributed by atoms with van der Waals surface area (Å²) >= 11 is 6.60. The summed E-state index contributed by atoms with van der Waals surface area (Å²) in [6.45, 7) is 2.68. The van der Waals surface area contributed by atoms with Gasteiger partial charge >= 0.3 is 0 Å². The fraction of sp³-hybridized carbons (Fsp3) is 0.143. The Morgan fingerprint density at radius 2 is 1.78 bits per heavy atom. The second-order valence-corrected chi connectivity index (χ2v) is 10.3. The maximum Gasteiger partial charge on any atom is 0.267 e. The van der Waals surface area contributed by atoms with Gasteiger partial charge in [0.1, 0.15) is 21.6 Å². The maximum atomic E-state index is 13.6. The zero-order valence-corrected chi connectivity index (χ0v) is 21.6. The summed E-state index contributed by atoms with van der Waals surface area (Å²) in [5.74, 6) is -0.238. The fourth-order valence-electron chi connectivity index (χ4n) is 4.03. The highest BCUT2D eigenvalue weighted by atomic mass is 32.2. The molecule has 0 atom stereocenters. The van der Waals surface area contributed by atoms with Crippen molar-refractivity contribution in [1.82, 2.24) is 14.3 Å². The van der Waals surface area contributed by atoms with Crippen molar-refractivity contribution in [2.75, 3.05) is 11.9 Å². The molecular formula is C28H23FN4O2S2. The van der Waals surface area contributed by atoms with Crippen molar-refractivity contribution in [2.45, 2.75) is 19.9 Å².